The first-order valence-electron chi connectivity index (χ1n) is 7.04. The molecular weight excluding hydrogens is 204 g/mol. The third kappa shape index (κ3) is 5.72. The first-order chi connectivity index (χ1) is 8.38. The molecule has 1 atom stereocenters. The molecule has 0 aliphatic heterocycles. The van der Waals surface area contributed by atoms with Crippen LogP contribution >= 0.6 is 0 Å². The van der Waals surface area contributed by atoms with Crippen LogP contribution in [-0.4, -0.2) is 0 Å². The van der Waals surface area contributed by atoms with Crippen LogP contribution in [0.2, 0.25) is 0 Å². The minimum atomic E-state index is 0.768. The van der Waals surface area contributed by atoms with Gasteiger partial charge < -0.3 is 0 Å². The Morgan fingerprint density at radius 2 is 1.82 bits per heavy atom. The third-order valence-corrected chi connectivity index (χ3v) is 3.37. The summed E-state index contributed by atoms with van der Waals surface area (Å²) in [5.41, 5.74) is 1.53. The Kier molecular flexibility index (Phi) is 7.46. The summed E-state index contributed by atoms with van der Waals surface area (Å²) in [4.78, 5) is 0. The van der Waals surface area contributed by atoms with Crippen molar-refractivity contribution in [3.8, 4) is 0 Å². The van der Waals surface area contributed by atoms with E-state index in [1.165, 1.54) is 50.5 Å². The van der Waals surface area contributed by atoms with Crippen LogP contribution in [0, 0.1) is 0 Å². The molecule has 0 radical (unpaired) electrons. The smallest absolute Gasteiger partial charge is 0.0162 e. The number of allylic oxidation sites excluding steroid dienone is 1. The van der Waals surface area contributed by atoms with Crippen molar-refractivity contribution >= 4 is 0 Å². The molecule has 0 spiro atoms. The van der Waals surface area contributed by atoms with Crippen molar-refractivity contribution in [1.82, 2.24) is 0 Å². The van der Waals surface area contributed by atoms with Crippen LogP contribution in [0.5, 0.6) is 0 Å². The first-order valence-corrected chi connectivity index (χ1v) is 7.04. The van der Waals surface area contributed by atoms with Gasteiger partial charge in [-0.2, -0.15) is 0 Å². The number of rotatable bonds is 9. The van der Waals surface area contributed by atoms with Crippen LogP contribution in [0.3, 0.4) is 0 Å². The summed E-state index contributed by atoms with van der Waals surface area (Å²) in [6, 6.07) is 11.0. The van der Waals surface area contributed by atoms with E-state index in [1.807, 2.05) is 6.08 Å². The van der Waals surface area contributed by atoms with Crippen molar-refractivity contribution < 1.29 is 0 Å². The number of hydrogen-bond acceptors (Lipinski definition) is 0. The molecule has 1 aromatic carbocycles. The monoisotopic (exact) mass is 230 g/mol. The molecule has 1 unspecified atom stereocenters. The molecule has 0 amide bonds. The van der Waals surface area contributed by atoms with E-state index in [0.29, 0.717) is 0 Å². The summed E-state index contributed by atoms with van der Waals surface area (Å²) < 4.78 is 0. The van der Waals surface area contributed by atoms with Crippen LogP contribution in [0.4, 0.5) is 0 Å². The summed E-state index contributed by atoms with van der Waals surface area (Å²) >= 11 is 0. The van der Waals surface area contributed by atoms with Gasteiger partial charge in [0.1, 0.15) is 0 Å². The average molecular weight is 230 g/mol. The molecule has 0 aliphatic carbocycles. The normalized spacial score (nSPS) is 12.3. The number of benzene rings is 1. The topological polar surface area (TPSA) is 0 Å². The second-order valence-electron chi connectivity index (χ2n) is 4.82. The van der Waals surface area contributed by atoms with Gasteiger partial charge in [0.2, 0.25) is 0 Å². The zero-order valence-corrected chi connectivity index (χ0v) is 11.2. The Hall–Kier alpha value is -1.04. The van der Waals surface area contributed by atoms with E-state index in [-0.39, 0.29) is 0 Å². The van der Waals surface area contributed by atoms with Crippen LogP contribution in [0.15, 0.2) is 43.0 Å². The fraction of sp³-hybridized carbons (Fsp3) is 0.529. The molecule has 0 fully saturated rings. The Labute approximate surface area is 107 Å². The quantitative estimate of drug-likeness (QED) is 0.376. The Balaban J connectivity index is 2.36. The fourth-order valence-electron chi connectivity index (χ4n) is 2.41. The van der Waals surface area contributed by atoms with Gasteiger partial charge in [-0.3, -0.25) is 0 Å². The highest BCUT2D eigenvalue weighted by Crippen LogP contribution is 2.27. The van der Waals surface area contributed by atoms with Crippen molar-refractivity contribution in [2.24, 2.45) is 0 Å². The maximum atomic E-state index is 3.77. The molecule has 17 heavy (non-hydrogen) atoms. The number of unbranched alkanes of at least 4 members (excludes halogenated alkanes) is 3. The van der Waals surface area contributed by atoms with Crippen molar-refractivity contribution in [2.45, 2.75) is 57.8 Å². The standard InChI is InChI=1S/C17H26/c1-3-5-6-7-9-13-16(12-4-2)17-14-10-8-11-15-17/h3,8,10-11,14-16H,1,4-7,9,12-13H2,2H3. The largest absolute Gasteiger partial charge is 0.103 e. The number of hydrogen-bond donors (Lipinski definition) is 0. The van der Waals surface area contributed by atoms with Crippen molar-refractivity contribution in [2.75, 3.05) is 0 Å². The van der Waals surface area contributed by atoms with E-state index in [2.05, 4.69) is 43.8 Å². The van der Waals surface area contributed by atoms with Crippen LogP contribution < -0.4 is 0 Å². The molecule has 94 valence electrons. The molecule has 0 heterocycles. The second-order valence-corrected chi connectivity index (χ2v) is 4.82. The molecule has 1 rings (SSSR count). The SMILES string of the molecule is C=CCCCCCC(CCC)c1ccccc1. The van der Waals surface area contributed by atoms with Crippen molar-refractivity contribution in [3.05, 3.63) is 48.6 Å². The minimum absolute atomic E-state index is 0.768. The molecule has 0 heteroatoms. The molecule has 0 nitrogen and oxygen atoms in total. The van der Waals surface area contributed by atoms with Gasteiger partial charge in [-0.25, -0.2) is 0 Å². The van der Waals surface area contributed by atoms with Crippen LogP contribution in [0.25, 0.3) is 0 Å². The highest BCUT2D eigenvalue weighted by molar-refractivity contribution is 5.19. The molecule has 0 saturated carbocycles. The van der Waals surface area contributed by atoms with Gasteiger partial charge in [-0.15, -0.1) is 6.58 Å². The maximum absolute atomic E-state index is 3.77. The van der Waals surface area contributed by atoms with Crippen molar-refractivity contribution in [3.63, 3.8) is 0 Å². The van der Waals surface area contributed by atoms with E-state index in [1.54, 1.807) is 0 Å². The Morgan fingerprint density at radius 1 is 1.06 bits per heavy atom. The van der Waals surface area contributed by atoms with E-state index in [4.69, 9.17) is 0 Å². The van der Waals surface area contributed by atoms with E-state index in [0.717, 1.165) is 5.92 Å². The lowest BCUT2D eigenvalue weighted by atomic mass is 9.89. The zero-order valence-electron chi connectivity index (χ0n) is 11.2. The Bertz CT molecular complexity index is 286. The van der Waals surface area contributed by atoms with E-state index < -0.39 is 0 Å². The Morgan fingerprint density at radius 3 is 2.47 bits per heavy atom. The van der Waals surface area contributed by atoms with Gasteiger partial charge in [0, 0.05) is 0 Å². The molecule has 0 N–H and O–H groups in total. The lowest BCUT2D eigenvalue weighted by molar-refractivity contribution is 0.524. The molecule has 0 aromatic heterocycles. The molecule has 0 aliphatic rings. The van der Waals surface area contributed by atoms with E-state index in [9.17, 15) is 0 Å². The zero-order chi connectivity index (χ0) is 12.3. The highest BCUT2D eigenvalue weighted by Gasteiger charge is 2.09. The van der Waals surface area contributed by atoms with Gasteiger partial charge in [0.15, 0.2) is 0 Å². The van der Waals surface area contributed by atoms with Crippen LogP contribution in [0.1, 0.15) is 63.4 Å². The van der Waals surface area contributed by atoms with Gasteiger partial charge in [-0.05, 0) is 37.2 Å². The highest BCUT2D eigenvalue weighted by atomic mass is 14.1. The summed E-state index contributed by atoms with van der Waals surface area (Å²) in [6.45, 7) is 6.06. The third-order valence-electron chi connectivity index (χ3n) is 3.37. The average Bonchev–Trinajstić information content (AvgIpc) is 2.38. The summed E-state index contributed by atoms with van der Waals surface area (Å²) in [6.07, 6.45) is 11.2. The second kappa shape index (κ2) is 9.04. The van der Waals surface area contributed by atoms with Gasteiger partial charge in [-0.1, -0.05) is 62.6 Å². The predicted molar refractivity (Wildman–Crippen MR) is 77.4 cm³/mol. The maximum Gasteiger partial charge on any atom is -0.0162 e. The summed E-state index contributed by atoms with van der Waals surface area (Å²) in [5, 5.41) is 0. The summed E-state index contributed by atoms with van der Waals surface area (Å²) in [5.74, 6) is 0.768. The van der Waals surface area contributed by atoms with Crippen molar-refractivity contribution in [1.29, 1.82) is 0 Å². The van der Waals surface area contributed by atoms with Gasteiger partial charge >= 0.3 is 0 Å². The molecular formula is C17H26. The fourth-order valence-corrected chi connectivity index (χ4v) is 2.41. The molecule has 0 bridgehead atoms. The minimum Gasteiger partial charge on any atom is -0.103 e. The lowest BCUT2D eigenvalue weighted by Crippen LogP contribution is -1.98. The van der Waals surface area contributed by atoms with Crippen LogP contribution in [-0.2, 0) is 0 Å². The molecule has 0 saturated heterocycles. The molecule has 1 aromatic rings. The van der Waals surface area contributed by atoms with Gasteiger partial charge in [0.05, 0.1) is 0 Å². The van der Waals surface area contributed by atoms with E-state index >= 15 is 0 Å². The first kappa shape index (κ1) is 14.0. The summed E-state index contributed by atoms with van der Waals surface area (Å²) in [7, 11) is 0. The van der Waals surface area contributed by atoms with Gasteiger partial charge in [0.25, 0.3) is 0 Å². The lowest BCUT2D eigenvalue weighted by Gasteiger charge is -2.16. The predicted octanol–water partition coefficient (Wildman–Crippen LogP) is 5.71.